The first kappa shape index (κ1) is 15.4. The molecule has 2 N–H and O–H groups in total. The number of hydrogen-bond acceptors (Lipinski definition) is 4. The zero-order chi connectivity index (χ0) is 14.4. The van der Waals surface area contributed by atoms with Crippen LogP contribution < -0.4 is 10.0 Å². The molecular formula is C14H22N2O3S. The lowest BCUT2D eigenvalue weighted by Gasteiger charge is -2.23. The number of nitrogens with one attached hydrogen (secondary N) is 2. The van der Waals surface area contributed by atoms with Gasteiger partial charge in [0.15, 0.2) is 0 Å². The predicted octanol–water partition coefficient (Wildman–Crippen LogP) is 1.04. The number of rotatable bonds is 6. The minimum absolute atomic E-state index is 0.249. The highest BCUT2D eigenvalue weighted by molar-refractivity contribution is 7.89. The number of ether oxygens (including phenoxy) is 1. The van der Waals surface area contributed by atoms with Crippen LogP contribution in [0.4, 0.5) is 0 Å². The summed E-state index contributed by atoms with van der Waals surface area (Å²) in [5, 5.41) is 3.27. The molecule has 20 heavy (non-hydrogen) atoms. The van der Waals surface area contributed by atoms with Crippen LogP contribution in [-0.4, -0.2) is 40.8 Å². The molecule has 6 heteroatoms. The van der Waals surface area contributed by atoms with Crippen molar-refractivity contribution in [1.82, 2.24) is 10.0 Å². The second kappa shape index (κ2) is 7.17. The monoisotopic (exact) mass is 298 g/mol. The Balaban J connectivity index is 1.79. The van der Waals surface area contributed by atoms with Crippen LogP contribution in [0.25, 0.3) is 0 Å². The van der Waals surface area contributed by atoms with E-state index < -0.39 is 10.0 Å². The first-order valence-electron chi connectivity index (χ1n) is 6.97. The quantitative estimate of drug-likeness (QED) is 0.770. The fraction of sp³-hybridized carbons (Fsp3) is 0.571. The lowest BCUT2D eigenvalue weighted by Crippen LogP contribution is -2.34. The average Bonchev–Trinajstić information content (AvgIpc) is 2.45. The maximum absolute atomic E-state index is 12.1. The SMILES string of the molecule is Cc1ccccc1S(=O)(=O)NCCOC1CCNCC1. The molecule has 0 unspecified atom stereocenters. The molecule has 1 aromatic rings. The van der Waals surface area contributed by atoms with E-state index >= 15 is 0 Å². The largest absolute Gasteiger partial charge is 0.377 e. The van der Waals surface area contributed by atoms with E-state index in [4.69, 9.17) is 4.74 Å². The van der Waals surface area contributed by atoms with Crippen molar-refractivity contribution in [3.63, 3.8) is 0 Å². The van der Waals surface area contributed by atoms with Gasteiger partial charge in [-0.15, -0.1) is 0 Å². The summed E-state index contributed by atoms with van der Waals surface area (Å²) in [7, 11) is -3.44. The minimum Gasteiger partial charge on any atom is -0.377 e. The van der Waals surface area contributed by atoms with Crippen LogP contribution in [0.15, 0.2) is 29.2 Å². The molecule has 1 aromatic carbocycles. The van der Waals surface area contributed by atoms with Gasteiger partial charge in [0.1, 0.15) is 0 Å². The summed E-state index contributed by atoms with van der Waals surface area (Å²) in [5.74, 6) is 0. The van der Waals surface area contributed by atoms with Gasteiger partial charge in [-0.1, -0.05) is 18.2 Å². The summed E-state index contributed by atoms with van der Waals surface area (Å²) in [6, 6.07) is 6.97. The van der Waals surface area contributed by atoms with Crippen LogP contribution in [0.1, 0.15) is 18.4 Å². The number of benzene rings is 1. The van der Waals surface area contributed by atoms with Crippen molar-refractivity contribution in [3.8, 4) is 0 Å². The highest BCUT2D eigenvalue weighted by atomic mass is 32.2. The molecule has 1 saturated heterocycles. The Labute approximate surface area is 120 Å². The molecule has 0 aromatic heterocycles. The van der Waals surface area contributed by atoms with E-state index in [1.54, 1.807) is 25.1 Å². The van der Waals surface area contributed by atoms with Crippen molar-refractivity contribution in [3.05, 3.63) is 29.8 Å². The van der Waals surface area contributed by atoms with Gasteiger partial charge in [-0.3, -0.25) is 0 Å². The summed E-state index contributed by atoms with van der Waals surface area (Å²) >= 11 is 0. The summed E-state index contributed by atoms with van der Waals surface area (Å²) in [6.07, 6.45) is 2.23. The van der Waals surface area contributed by atoms with Crippen molar-refractivity contribution < 1.29 is 13.2 Å². The Morgan fingerprint density at radius 2 is 2.00 bits per heavy atom. The molecule has 0 atom stereocenters. The standard InChI is InChI=1S/C14H22N2O3S/c1-12-4-2-3-5-14(12)20(17,18)16-10-11-19-13-6-8-15-9-7-13/h2-5,13,15-16H,6-11H2,1H3. The Bertz CT molecular complexity index is 525. The van der Waals surface area contributed by atoms with Crippen LogP contribution in [0.3, 0.4) is 0 Å². The third-order valence-electron chi connectivity index (χ3n) is 3.42. The number of hydrogen-bond donors (Lipinski definition) is 2. The smallest absolute Gasteiger partial charge is 0.240 e. The number of piperidine rings is 1. The molecule has 112 valence electrons. The average molecular weight is 298 g/mol. The van der Waals surface area contributed by atoms with Crippen molar-refractivity contribution >= 4 is 10.0 Å². The molecule has 0 aliphatic carbocycles. The number of aryl methyl sites for hydroxylation is 1. The fourth-order valence-electron chi connectivity index (χ4n) is 2.30. The first-order valence-corrected chi connectivity index (χ1v) is 8.45. The van der Waals surface area contributed by atoms with E-state index in [0.29, 0.717) is 18.0 Å². The lowest BCUT2D eigenvalue weighted by atomic mass is 10.1. The molecular weight excluding hydrogens is 276 g/mol. The van der Waals surface area contributed by atoms with E-state index in [9.17, 15) is 8.42 Å². The zero-order valence-corrected chi connectivity index (χ0v) is 12.6. The van der Waals surface area contributed by atoms with E-state index in [0.717, 1.165) is 31.5 Å². The van der Waals surface area contributed by atoms with Gasteiger partial charge in [0.25, 0.3) is 0 Å². The fourth-order valence-corrected chi connectivity index (χ4v) is 3.56. The third kappa shape index (κ3) is 4.28. The highest BCUT2D eigenvalue weighted by Crippen LogP contribution is 2.13. The highest BCUT2D eigenvalue weighted by Gasteiger charge is 2.16. The second-order valence-electron chi connectivity index (χ2n) is 4.98. The molecule has 2 rings (SSSR count). The zero-order valence-electron chi connectivity index (χ0n) is 11.8. The Hall–Kier alpha value is -0.950. The van der Waals surface area contributed by atoms with Crippen LogP contribution >= 0.6 is 0 Å². The summed E-state index contributed by atoms with van der Waals surface area (Å²) in [5.41, 5.74) is 0.749. The van der Waals surface area contributed by atoms with Gasteiger partial charge in [-0.05, 0) is 44.5 Å². The lowest BCUT2D eigenvalue weighted by molar-refractivity contribution is 0.0367. The minimum atomic E-state index is -3.44. The maximum Gasteiger partial charge on any atom is 0.240 e. The molecule has 1 heterocycles. The second-order valence-corrected chi connectivity index (χ2v) is 6.72. The predicted molar refractivity (Wildman–Crippen MR) is 78.2 cm³/mol. The molecule has 1 aliphatic rings. The van der Waals surface area contributed by atoms with Gasteiger partial charge in [0.2, 0.25) is 10.0 Å². The van der Waals surface area contributed by atoms with Crippen LogP contribution in [0.2, 0.25) is 0 Å². The Morgan fingerprint density at radius 3 is 2.70 bits per heavy atom. The van der Waals surface area contributed by atoms with E-state index in [2.05, 4.69) is 10.0 Å². The molecule has 0 bridgehead atoms. The molecule has 5 nitrogen and oxygen atoms in total. The van der Waals surface area contributed by atoms with Gasteiger partial charge >= 0.3 is 0 Å². The molecule has 0 amide bonds. The molecule has 0 saturated carbocycles. The van der Waals surface area contributed by atoms with E-state index in [1.165, 1.54) is 0 Å². The molecule has 1 fully saturated rings. The van der Waals surface area contributed by atoms with Crippen LogP contribution in [0.5, 0.6) is 0 Å². The first-order chi connectivity index (χ1) is 9.59. The maximum atomic E-state index is 12.1. The summed E-state index contributed by atoms with van der Waals surface area (Å²) in [4.78, 5) is 0.335. The van der Waals surface area contributed by atoms with Gasteiger partial charge < -0.3 is 10.1 Å². The van der Waals surface area contributed by atoms with Gasteiger partial charge in [0.05, 0.1) is 17.6 Å². The van der Waals surface area contributed by atoms with Crippen molar-refractivity contribution in [2.75, 3.05) is 26.2 Å². The van der Waals surface area contributed by atoms with Crippen LogP contribution in [-0.2, 0) is 14.8 Å². The summed E-state index contributed by atoms with van der Waals surface area (Å²) in [6.45, 7) is 4.45. The third-order valence-corrected chi connectivity index (χ3v) is 5.04. The number of sulfonamides is 1. The Kier molecular flexibility index (Phi) is 5.54. The van der Waals surface area contributed by atoms with Crippen LogP contribution in [0, 0.1) is 6.92 Å². The molecule has 0 radical (unpaired) electrons. The molecule has 1 aliphatic heterocycles. The molecule has 0 spiro atoms. The van der Waals surface area contributed by atoms with Gasteiger partial charge in [0, 0.05) is 6.54 Å². The summed E-state index contributed by atoms with van der Waals surface area (Å²) < 4.78 is 32.5. The van der Waals surface area contributed by atoms with Crippen molar-refractivity contribution in [2.24, 2.45) is 0 Å². The van der Waals surface area contributed by atoms with Crippen molar-refractivity contribution in [2.45, 2.75) is 30.8 Å². The normalized spacial score (nSPS) is 17.2. The van der Waals surface area contributed by atoms with Crippen molar-refractivity contribution in [1.29, 1.82) is 0 Å². The topological polar surface area (TPSA) is 67.4 Å². The van der Waals surface area contributed by atoms with E-state index in [1.807, 2.05) is 6.07 Å². The Morgan fingerprint density at radius 1 is 1.30 bits per heavy atom. The van der Waals surface area contributed by atoms with Gasteiger partial charge in [-0.25, -0.2) is 13.1 Å². The van der Waals surface area contributed by atoms with Gasteiger partial charge in [-0.2, -0.15) is 0 Å². The van der Waals surface area contributed by atoms with E-state index in [-0.39, 0.29) is 6.10 Å².